The number of hydrogen-bond acceptors (Lipinski definition) is 3. The molecule has 0 aliphatic heterocycles. The number of nitrogens with zero attached hydrogens (tertiary/aromatic N) is 4. The van der Waals surface area contributed by atoms with E-state index in [1.54, 1.807) is 6.33 Å². The first kappa shape index (κ1) is 8.85. The second-order valence-electron chi connectivity index (χ2n) is 4.36. The predicted octanol–water partition coefficient (Wildman–Crippen LogP) is 1.31. The number of aromatic nitrogens is 3. The summed E-state index contributed by atoms with van der Waals surface area (Å²) in [6.45, 7) is 0. The molecule has 15 heavy (non-hydrogen) atoms. The first-order valence-electron chi connectivity index (χ1n) is 5.20. The average Bonchev–Trinajstić information content (AvgIpc) is 2.92. The zero-order valence-corrected chi connectivity index (χ0v) is 8.96. The summed E-state index contributed by atoms with van der Waals surface area (Å²) in [5.41, 5.74) is 1.05. The molecule has 1 aliphatic rings. The molecule has 2 aromatic heterocycles. The molecule has 0 saturated heterocycles. The van der Waals surface area contributed by atoms with Gasteiger partial charge in [0.1, 0.15) is 12.0 Å². The van der Waals surface area contributed by atoms with E-state index in [0.29, 0.717) is 12.1 Å². The smallest absolute Gasteiger partial charge is 0.143 e. The zero-order valence-electron chi connectivity index (χ0n) is 8.96. The number of likely N-dealkylation sites (N-methyl/N-ethyl adjacent to an activating group) is 1. The van der Waals surface area contributed by atoms with Crippen LogP contribution in [-0.4, -0.2) is 39.6 Å². The van der Waals surface area contributed by atoms with Crippen LogP contribution in [0, 0.1) is 0 Å². The van der Waals surface area contributed by atoms with Crippen molar-refractivity contribution in [2.45, 2.75) is 18.5 Å². The third-order valence-corrected chi connectivity index (χ3v) is 3.12. The molecule has 0 amide bonds. The monoisotopic (exact) mass is 202 g/mol. The summed E-state index contributed by atoms with van der Waals surface area (Å²) in [6.07, 6.45) is 6.83. The lowest BCUT2D eigenvalue weighted by Gasteiger charge is -2.09. The quantitative estimate of drug-likeness (QED) is 0.736. The molecule has 2 atom stereocenters. The highest BCUT2D eigenvalue weighted by atomic mass is 15.2. The molecule has 0 aromatic carbocycles. The molecule has 2 heterocycles. The molecule has 4 nitrogen and oxygen atoms in total. The Labute approximate surface area is 88.6 Å². The molecule has 2 unspecified atom stereocenters. The maximum atomic E-state index is 4.33. The van der Waals surface area contributed by atoms with Crippen LogP contribution in [0.3, 0.4) is 0 Å². The lowest BCUT2D eigenvalue weighted by molar-refractivity contribution is 0.377. The van der Waals surface area contributed by atoms with Crippen molar-refractivity contribution in [3.63, 3.8) is 0 Å². The molecule has 3 rings (SSSR count). The van der Waals surface area contributed by atoms with E-state index >= 15 is 0 Å². The molecule has 1 fully saturated rings. The van der Waals surface area contributed by atoms with Crippen molar-refractivity contribution in [1.29, 1.82) is 0 Å². The van der Waals surface area contributed by atoms with E-state index in [4.69, 9.17) is 0 Å². The van der Waals surface area contributed by atoms with Gasteiger partial charge in [-0.15, -0.1) is 0 Å². The molecule has 0 N–H and O–H groups in total. The molecular weight excluding hydrogens is 188 g/mol. The Morgan fingerprint density at radius 3 is 3.07 bits per heavy atom. The summed E-state index contributed by atoms with van der Waals surface area (Å²) in [4.78, 5) is 10.6. The van der Waals surface area contributed by atoms with Crippen LogP contribution in [0.1, 0.15) is 12.5 Å². The SMILES string of the molecule is CN(C)C1CC1n1ccc2cncnc21. The Balaban J connectivity index is 2.00. The van der Waals surface area contributed by atoms with E-state index < -0.39 is 0 Å². The molecule has 0 radical (unpaired) electrons. The van der Waals surface area contributed by atoms with Crippen molar-refractivity contribution < 1.29 is 0 Å². The Morgan fingerprint density at radius 2 is 2.33 bits per heavy atom. The fraction of sp³-hybridized carbons (Fsp3) is 0.455. The van der Waals surface area contributed by atoms with Crippen LogP contribution in [0.2, 0.25) is 0 Å². The summed E-state index contributed by atoms with van der Waals surface area (Å²) in [7, 11) is 4.26. The van der Waals surface area contributed by atoms with Gasteiger partial charge < -0.3 is 9.47 Å². The molecule has 1 saturated carbocycles. The van der Waals surface area contributed by atoms with Gasteiger partial charge in [-0.25, -0.2) is 9.97 Å². The van der Waals surface area contributed by atoms with Gasteiger partial charge in [0.15, 0.2) is 0 Å². The Kier molecular flexibility index (Phi) is 1.79. The minimum Gasteiger partial charge on any atom is -0.328 e. The van der Waals surface area contributed by atoms with E-state index in [0.717, 1.165) is 11.0 Å². The summed E-state index contributed by atoms with van der Waals surface area (Å²) < 4.78 is 2.27. The molecule has 2 aromatic rings. The first-order valence-corrected chi connectivity index (χ1v) is 5.20. The van der Waals surface area contributed by atoms with Gasteiger partial charge in [-0.3, -0.25) is 0 Å². The van der Waals surface area contributed by atoms with Gasteiger partial charge >= 0.3 is 0 Å². The number of fused-ring (bicyclic) bond motifs is 1. The average molecular weight is 202 g/mol. The summed E-state index contributed by atoms with van der Waals surface area (Å²) >= 11 is 0. The van der Waals surface area contributed by atoms with Crippen LogP contribution in [0.15, 0.2) is 24.8 Å². The lowest BCUT2D eigenvalue weighted by Crippen LogP contribution is -2.17. The van der Waals surface area contributed by atoms with Crippen LogP contribution >= 0.6 is 0 Å². The largest absolute Gasteiger partial charge is 0.328 e. The third-order valence-electron chi connectivity index (χ3n) is 3.12. The summed E-state index contributed by atoms with van der Waals surface area (Å²) in [5.74, 6) is 0. The maximum absolute atomic E-state index is 4.33. The summed E-state index contributed by atoms with van der Waals surface area (Å²) in [5, 5.41) is 1.13. The van der Waals surface area contributed by atoms with Crippen molar-refractivity contribution in [3.8, 4) is 0 Å². The van der Waals surface area contributed by atoms with Gasteiger partial charge in [-0.2, -0.15) is 0 Å². The second-order valence-corrected chi connectivity index (χ2v) is 4.36. The Bertz CT molecular complexity index is 488. The van der Waals surface area contributed by atoms with Crippen molar-refractivity contribution >= 4 is 11.0 Å². The second kappa shape index (κ2) is 3.03. The maximum Gasteiger partial charge on any atom is 0.143 e. The van der Waals surface area contributed by atoms with Crippen molar-refractivity contribution in [3.05, 3.63) is 24.8 Å². The number of hydrogen-bond donors (Lipinski definition) is 0. The van der Waals surface area contributed by atoms with Gasteiger partial charge in [0.2, 0.25) is 0 Å². The molecule has 0 spiro atoms. The van der Waals surface area contributed by atoms with Crippen molar-refractivity contribution in [1.82, 2.24) is 19.4 Å². The predicted molar refractivity (Wildman–Crippen MR) is 58.7 cm³/mol. The Morgan fingerprint density at radius 1 is 1.47 bits per heavy atom. The van der Waals surface area contributed by atoms with Crippen LogP contribution in [0.25, 0.3) is 11.0 Å². The molecule has 4 heteroatoms. The van der Waals surface area contributed by atoms with Crippen LogP contribution in [0.5, 0.6) is 0 Å². The van der Waals surface area contributed by atoms with Crippen LogP contribution in [0.4, 0.5) is 0 Å². The lowest BCUT2D eigenvalue weighted by atomic mass is 10.4. The Hall–Kier alpha value is -1.42. The normalized spacial score (nSPS) is 25.0. The van der Waals surface area contributed by atoms with Crippen LogP contribution in [-0.2, 0) is 0 Å². The van der Waals surface area contributed by atoms with E-state index in [1.807, 2.05) is 6.20 Å². The van der Waals surface area contributed by atoms with Gasteiger partial charge in [0, 0.05) is 23.8 Å². The molecule has 0 bridgehead atoms. The van der Waals surface area contributed by atoms with E-state index in [9.17, 15) is 0 Å². The number of rotatable bonds is 2. The van der Waals surface area contributed by atoms with Crippen molar-refractivity contribution in [2.75, 3.05) is 14.1 Å². The molecular formula is C11H14N4. The standard InChI is InChI=1S/C11H14N4/c1-14(2)9-5-10(9)15-4-3-8-6-12-7-13-11(8)15/h3-4,6-7,9-10H,5H2,1-2H3. The highest BCUT2D eigenvalue weighted by Gasteiger charge is 2.40. The van der Waals surface area contributed by atoms with Crippen molar-refractivity contribution in [2.24, 2.45) is 0 Å². The minimum absolute atomic E-state index is 0.590. The fourth-order valence-corrected chi connectivity index (χ4v) is 2.19. The zero-order chi connectivity index (χ0) is 10.4. The summed E-state index contributed by atoms with van der Waals surface area (Å²) in [6, 6.07) is 3.34. The molecule has 78 valence electrons. The molecule has 1 aliphatic carbocycles. The minimum atomic E-state index is 0.590. The topological polar surface area (TPSA) is 34.0 Å². The van der Waals surface area contributed by atoms with Crippen LogP contribution < -0.4 is 0 Å². The van der Waals surface area contributed by atoms with Gasteiger partial charge in [-0.1, -0.05) is 0 Å². The highest BCUT2D eigenvalue weighted by molar-refractivity contribution is 5.75. The fourth-order valence-electron chi connectivity index (χ4n) is 2.19. The highest BCUT2D eigenvalue weighted by Crippen LogP contribution is 2.40. The van der Waals surface area contributed by atoms with E-state index in [-0.39, 0.29) is 0 Å². The van der Waals surface area contributed by atoms with E-state index in [2.05, 4.69) is 45.8 Å². The first-order chi connectivity index (χ1) is 7.27. The van der Waals surface area contributed by atoms with Gasteiger partial charge in [0.05, 0.1) is 6.04 Å². The van der Waals surface area contributed by atoms with E-state index in [1.165, 1.54) is 6.42 Å². The van der Waals surface area contributed by atoms with Gasteiger partial charge in [0.25, 0.3) is 0 Å². The third kappa shape index (κ3) is 1.33. The van der Waals surface area contributed by atoms with Gasteiger partial charge in [-0.05, 0) is 26.6 Å².